The third-order valence-corrected chi connectivity index (χ3v) is 7.77. The van der Waals surface area contributed by atoms with Crippen molar-refractivity contribution in [1.82, 2.24) is 4.72 Å². The maximum Gasteiger partial charge on any atom is 0.119 e. The van der Waals surface area contributed by atoms with Crippen molar-refractivity contribution < 1.29 is 4.74 Å². The number of benzene rings is 2. The molecule has 2 atom stereocenters. The van der Waals surface area contributed by atoms with E-state index in [9.17, 15) is 0 Å². The summed E-state index contributed by atoms with van der Waals surface area (Å²) in [7, 11) is 0. The number of hydrogen-bond donors (Lipinski definition) is 2. The zero-order chi connectivity index (χ0) is 20.9. The van der Waals surface area contributed by atoms with Crippen LogP contribution >= 0.6 is 46.5 Å². The summed E-state index contributed by atoms with van der Waals surface area (Å²) in [5.74, 6) is 1.16. The molecule has 0 saturated heterocycles. The van der Waals surface area contributed by atoms with Gasteiger partial charge in [-0.15, -0.1) is 11.3 Å². The fourth-order valence-electron chi connectivity index (χ4n) is 3.85. The molecule has 0 bridgehead atoms. The van der Waals surface area contributed by atoms with Gasteiger partial charge in [-0.3, -0.25) is 4.72 Å². The van der Waals surface area contributed by atoms with E-state index in [2.05, 4.69) is 29.0 Å². The van der Waals surface area contributed by atoms with Gasteiger partial charge in [0.05, 0.1) is 8.55 Å². The van der Waals surface area contributed by atoms with E-state index in [0.29, 0.717) is 6.61 Å². The summed E-state index contributed by atoms with van der Waals surface area (Å²) in [6.07, 6.45) is 2.91. The molecule has 0 fully saturated rings. The van der Waals surface area contributed by atoms with Gasteiger partial charge >= 0.3 is 0 Å². The molecule has 1 aliphatic rings. The van der Waals surface area contributed by atoms with E-state index in [-0.39, 0.29) is 12.0 Å². The lowest BCUT2D eigenvalue weighted by Gasteiger charge is -2.32. The van der Waals surface area contributed by atoms with Crippen LogP contribution in [-0.4, -0.2) is 19.2 Å². The highest BCUT2D eigenvalue weighted by atomic mass is 35.5. The molecule has 0 saturated carbocycles. The number of nitrogens with two attached hydrogens (primary N) is 1. The van der Waals surface area contributed by atoms with Crippen LogP contribution in [0, 0.1) is 0 Å². The minimum atomic E-state index is 0.141. The molecular weight excluding hydrogens is 455 g/mol. The first-order valence-corrected chi connectivity index (χ1v) is 12.4. The smallest absolute Gasteiger partial charge is 0.119 e. The Bertz CT molecular complexity index is 995. The summed E-state index contributed by atoms with van der Waals surface area (Å²) in [6, 6.07) is 18.6. The van der Waals surface area contributed by atoms with Crippen molar-refractivity contribution in [2.24, 2.45) is 5.73 Å². The molecule has 2 unspecified atom stereocenters. The Balaban J connectivity index is 1.37. The molecule has 7 heteroatoms. The van der Waals surface area contributed by atoms with Gasteiger partial charge in [0.15, 0.2) is 0 Å². The number of halogens is 2. The van der Waals surface area contributed by atoms with Crippen LogP contribution in [0.1, 0.15) is 29.0 Å². The van der Waals surface area contributed by atoms with Gasteiger partial charge in [-0.2, -0.15) is 0 Å². The second-order valence-electron chi connectivity index (χ2n) is 7.41. The normalized spacial score (nSPS) is 18.2. The summed E-state index contributed by atoms with van der Waals surface area (Å²) in [5, 5.41) is 0.768. The molecule has 2 aromatic carbocycles. The SMILES string of the molecule is NC1CCc2ccc(OCCNSc3ccc(Cl)s3)cc2C1Cc1cccc(Cl)c1. The number of nitrogens with one attached hydrogen (secondary N) is 1. The lowest BCUT2D eigenvalue weighted by Crippen LogP contribution is -2.34. The second kappa shape index (κ2) is 10.4. The Labute approximate surface area is 196 Å². The number of thiophene rings is 1. The molecule has 3 aromatic rings. The molecule has 1 aliphatic carbocycles. The van der Waals surface area contributed by atoms with Gasteiger partial charge in [-0.05, 0) is 84.3 Å². The highest BCUT2D eigenvalue weighted by Gasteiger charge is 2.27. The van der Waals surface area contributed by atoms with E-state index in [1.165, 1.54) is 16.7 Å². The minimum Gasteiger partial charge on any atom is -0.492 e. The number of ether oxygens (including phenoxy) is 1. The highest BCUT2D eigenvalue weighted by Crippen LogP contribution is 2.36. The van der Waals surface area contributed by atoms with Crippen molar-refractivity contribution in [2.45, 2.75) is 35.4 Å². The Hall–Kier alpha value is -1.21. The summed E-state index contributed by atoms with van der Waals surface area (Å²) < 4.78 is 11.3. The molecule has 0 spiro atoms. The average Bonchev–Trinajstić information content (AvgIpc) is 3.15. The Morgan fingerprint density at radius 3 is 2.83 bits per heavy atom. The van der Waals surface area contributed by atoms with Crippen LogP contribution in [0.15, 0.2) is 58.8 Å². The molecule has 0 aliphatic heterocycles. The lowest BCUT2D eigenvalue weighted by molar-refractivity contribution is 0.323. The van der Waals surface area contributed by atoms with Crippen molar-refractivity contribution in [3.05, 3.63) is 80.6 Å². The minimum absolute atomic E-state index is 0.141. The number of hydrogen-bond acceptors (Lipinski definition) is 5. The van der Waals surface area contributed by atoms with Crippen molar-refractivity contribution >= 4 is 46.5 Å². The number of fused-ring (bicyclic) bond motifs is 1. The molecule has 30 heavy (non-hydrogen) atoms. The monoisotopic (exact) mass is 478 g/mol. The van der Waals surface area contributed by atoms with E-state index in [0.717, 1.165) is 45.1 Å². The summed E-state index contributed by atoms with van der Waals surface area (Å²) in [6.45, 7) is 1.33. The van der Waals surface area contributed by atoms with Gasteiger partial charge in [-0.1, -0.05) is 41.4 Å². The van der Waals surface area contributed by atoms with Gasteiger partial charge in [0, 0.05) is 23.5 Å². The standard InChI is InChI=1S/C23H24Cl2N2OS2/c24-17-3-1-2-15(12-17)13-20-19-14-18(6-4-16(19)5-7-21(20)26)28-11-10-27-30-23-9-8-22(25)29-23/h1-4,6,8-9,12,14,20-21,27H,5,7,10-11,13,26H2. The molecule has 158 valence electrons. The van der Waals surface area contributed by atoms with Crippen molar-refractivity contribution in [1.29, 1.82) is 0 Å². The maximum absolute atomic E-state index is 6.53. The van der Waals surface area contributed by atoms with Crippen molar-refractivity contribution in [2.75, 3.05) is 13.2 Å². The van der Waals surface area contributed by atoms with Gasteiger partial charge in [0.1, 0.15) is 12.4 Å². The van der Waals surface area contributed by atoms with E-state index in [4.69, 9.17) is 33.7 Å². The quantitative estimate of drug-likeness (QED) is 0.293. The highest BCUT2D eigenvalue weighted by molar-refractivity contribution is 7.99. The third-order valence-electron chi connectivity index (χ3n) is 5.32. The zero-order valence-electron chi connectivity index (χ0n) is 16.4. The topological polar surface area (TPSA) is 47.3 Å². The summed E-state index contributed by atoms with van der Waals surface area (Å²) in [5.41, 5.74) is 10.4. The van der Waals surface area contributed by atoms with Crippen LogP contribution in [0.2, 0.25) is 9.36 Å². The second-order valence-corrected chi connectivity index (χ2v) is 10.7. The Kier molecular flexibility index (Phi) is 7.63. The largest absolute Gasteiger partial charge is 0.492 e. The van der Waals surface area contributed by atoms with E-state index in [1.807, 2.05) is 30.3 Å². The zero-order valence-corrected chi connectivity index (χ0v) is 19.6. The van der Waals surface area contributed by atoms with Gasteiger partial charge in [-0.25, -0.2) is 0 Å². The van der Waals surface area contributed by atoms with Gasteiger partial charge < -0.3 is 10.5 Å². The fraction of sp³-hybridized carbons (Fsp3) is 0.304. The first kappa shape index (κ1) is 22.0. The molecule has 4 rings (SSSR count). The Morgan fingerprint density at radius 1 is 1.13 bits per heavy atom. The average molecular weight is 479 g/mol. The third kappa shape index (κ3) is 5.72. The molecule has 0 amide bonds. The summed E-state index contributed by atoms with van der Waals surface area (Å²) in [4.78, 5) is 0. The molecular formula is C23H24Cl2N2OS2. The van der Waals surface area contributed by atoms with Crippen LogP contribution in [-0.2, 0) is 12.8 Å². The Morgan fingerprint density at radius 2 is 2.03 bits per heavy atom. The predicted molar refractivity (Wildman–Crippen MR) is 129 cm³/mol. The summed E-state index contributed by atoms with van der Waals surface area (Å²) >= 11 is 15.3. The first-order valence-electron chi connectivity index (χ1n) is 9.99. The van der Waals surface area contributed by atoms with Crippen LogP contribution < -0.4 is 15.2 Å². The first-order chi connectivity index (χ1) is 14.6. The number of rotatable bonds is 8. The molecule has 0 radical (unpaired) electrons. The van der Waals surface area contributed by atoms with E-state index >= 15 is 0 Å². The maximum atomic E-state index is 6.53. The molecule has 1 heterocycles. The molecule has 3 N–H and O–H groups in total. The van der Waals surface area contributed by atoms with E-state index in [1.54, 1.807) is 23.3 Å². The number of aryl methyl sites for hydroxylation is 1. The fourth-order valence-corrected chi connectivity index (χ4v) is 6.06. The van der Waals surface area contributed by atoms with Gasteiger partial charge in [0.2, 0.25) is 0 Å². The van der Waals surface area contributed by atoms with Crippen LogP contribution in [0.25, 0.3) is 0 Å². The van der Waals surface area contributed by atoms with Crippen molar-refractivity contribution in [3.8, 4) is 5.75 Å². The van der Waals surface area contributed by atoms with Gasteiger partial charge in [0.25, 0.3) is 0 Å². The predicted octanol–water partition coefficient (Wildman–Crippen LogP) is 6.33. The lowest BCUT2D eigenvalue weighted by atomic mass is 9.76. The molecule has 1 aromatic heterocycles. The van der Waals surface area contributed by atoms with Crippen LogP contribution in [0.3, 0.4) is 0 Å². The van der Waals surface area contributed by atoms with E-state index < -0.39 is 0 Å². The van der Waals surface area contributed by atoms with Crippen LogP contribution in [0.4, 0.5) is 0 Å². The van der Waals surface area contributed by atoms with Crippen molar-refractivity contribution in [3.63, 3.8) is 0 Å². The molecule has 3 nitrogen and oxygen atoms in total. The van der Waals surface area contributed by atoms with Crippen LogP contribution in [0.5, 0.6) is 5.75 Å².